The lowest BCUT2D eigenvalue weighted by molar-refractivity contribution is 0.200. The Morgan fingerprint density at radius 1 is 1.28 bits per heavy atom. The Balaban J connectivity index is 2.61. The normalized spacial score (nSPS) is 11.9. The quantitative estimate of drug-likeness (QED) is 0.804. The molecule has 0 fully saturated rings. The number of nitrogens with zero attached hydrogens (tertiary/aromatic N) is 1. The fourth-order valence-electron chi connectivity index (χ4n) is 2.45. The highest BCUT2D eigenvalue weighted by Gasteiger charge is 2.19. The molecular formula is C15H26N2O. The Morgan fingerprint density at radius 2 is 1.94 bits per heavy atom. The summed E-state index contributed by atoms with van der Waals surface area (Å²) in [7, 11) is 5.88. The van der Waals surface area contributed by atoms with Gasteiger partial charge >= 0.3 is 0 Å². The number of hydrogen-bond acceptors (Lipinski definition) is 3. The minimum absolute atomic E-state index is 0.269. The van der Waals surface area contributed by atoms with Gasteiger partial charge in [0.25, 0.3) is 0 Å². The topological polar surface area (TPSA) is 24.5 Å². The van der Waals surface area contributed by atoms with Gasteiger partial charge in [0, 0.05) is 25.2 Å². The lowest BCUT2D eigenvalue weighted by Gasteiger charge is -2.30. The summed E-state index contributed by atoms with van der Waals surface area (Å²) in [6.07, 6.45) is 0. The molecular weight excluding hydrogens is 224 g/mol. The van der Waals surface area contributed by atoms with Gasteiger partial charge in [-0.25, -0.2) is 0 Å². The van der Waals surface area contributed by atoms with Crippen LogP contribution < -0.4 is 10.1 Å². The SMILES string of the molecule is CNCC(C)(C)CN(C)Cc1ccccc1OC. The second-order valence-corrected chi connectivity index (χ2v) is 5.68. The van der Waals surface area contributed by atoms with Gasteiger partial charge in [-0.2, -0.15) is 0 Å². The Morgan fingerprint density at radius 3 is 2.56 bits per heavy atom. The number of nitrogens with one attached hydrogen (secondary N) is 1. The summed E-state index contributed by atoms with van der Waals surface area (Å²) in [4.78, 5) is 2.34. The summed E-state index contributed by atoms with van der Waals surface area (Å²) in [5.74, 6) is 0.968. The van der Waals surface area contributed by atoms with Gasteiger partial charge in [0.05, 0.1) is 7.11 Å². The third-order valence-corrected chi connectivity index (χ3v) is 2.99. The fourth-order valence-corrected chi connectivity index (χ4v) is 2.45. The predicted octanol–water partition coefficient (Wildman–Crippen LogP) is 2.37. The molecule has 0 amide bonds. The number of ether oxygens (including phenoxy) is 1. The Bertz CT molecular complexity index is 363. The molecule has 0 saturated heterocycles. The Kier molecular flexibility index (Phi) is 5.63. The van der Waals surface area contributed by atoms with Crippen LogP contribution in [-0.4, -0.2) is 39.2 Å². The number of para-hydroxylation sites is 1. The van der Waals surface area contributed by atoms with Crippen LogP contribution in [-0.2, 0) is 6.54 Å². The van der Waals surface area contributed by atoms with Crippen molar-refractivity contribution in [1.29, 1.82) is 0 Å². The molecule has 1 rings (SSSR count). The first-order chi connectivity index (χ1) is 8.48. The molecule has 18 heavy (non-hydrogen) atoms. The molecule has 0 aliphatic carbocycles. The van der Waals surface area contributed by atoms with Crippen LogP contribution in [0.5, 0.6) is 5.75 Å². The molecule has 0 atom stereocenters. The van der Waals surface area contributed by atoms with E-state index in [-0.39, 0.29) is 5.41 Å². The number of benzene rings is 1. The highest BCUT2D eigenvalue weighted by atomic mass is 16.5. The van der Waals surface area contributed by atoms with E-state index in [1.165, 1.54) is 5.56 Å². The monoisotopic (exact) mass is 250 g/mol. The highest BCUT2D eigenvalue weighted by Crippen LogP contribution is 2.21. The smallest absolute Gasteiger partial charge is 0.123 e. The average Bonchev–Trinajstić information content (AvgIpc) is 2.28. The molecule has 0 saturated carbocycles. The molecule has 0 aromatic heterocycles. The molecule has 0 bridgehead atoms. The maximum absolute atomic E-state index is 5.38. The molecule has 3 nitrogen and oxygen atoms in total. The van der Waals surface area contributed by atoms with E-state index in [4.69, 9.17) is 4.74 Å². The second kappa shape index (κ2) is 6.76. The number of methoxy groups -OCH3 is 1. The van der Waals surface area contributed by atoms with Crippen LogP contribution in [0.15, 0.2) is 24.3 Å². The van der Waals surface area contributed by atoms with Crippen molar-refractivity contribution in [1.82, 2.24) is 10.2 Å². The molecule has 0 heterocycles. The van der Waals surface area contributed by atoms with Crippen molar-refractivity contribution < 1.29 is 4.74 Å². The molecule has 102 valence electrons. The third kappa shape index (κ3) is 4.67. The van der Waals surface area contributed by atoms with Crippen molar-refractivity contribution in [2.75, 3.05) is 34.3 Å². The van der Waals surface area contributed by atoms with Crippen LogP contribution >= 0.6 is 0 Å². The molecule has 1 N–H and O–H groups in total. The predicted molar refractivity (Wildman–Crippen MR) is 77.0 cm³/mol. The third-order valence-electron chi connectivity index (χ3n) is 2.99. The number of hydrogen-bond donors (Lipinski definition) is 1. The molecule has 0 radical (unpaired) electrons. The van der Waals surface area contributed by atoms with Gasteiger partial charge in [-0.15, -0.1) is 0 Å². The summed E-state index contributed by atoms with van der Waals surface area (Å²) in [6, 6.07) is 8.21. The van der Waals surface area contributed by atoms with Gasteiger partial charge in [-0.3, -0.25) is 0 Å². The summed E-state index contributed by atoms with van der Waals surface area (Å²) in [6.45, 7) is 7.54. The lowest BCUT2D eigenvalue weighted by Crippen LogP contribution is -2.37. The maximum Gasteiger partial charge on any atom is 0.123 e. The molecule has 3 heteroatoms. The van der Waals surface area contributed by atoms with E-state index in [9.17, 15) is 0 Å². The largest absolute Gasteiger partial charge is 0.496 e. The summed E-state index contributed by atoms with van der Waals surface area (Å²) in [5.41, 5.74) is 1.51. The van der Waals surface area contributed by atoms with Crippen molar-refractivity contribution >= 4 is 0 Å². The first kappa shape index (κ1) is 15.0. The van der Waals surface area contributed by atoms with E-state index in [0.29, 0.717) is 0 Å². The Hall–Kier alpha value is -1.06. The average molecular weight is 250 g/mol. The van der Waals surface area contributed by atoms with Crippen LogP contribution in [0.3, 0.4) is 0 Å². The van der Waals surface area contributed by atoms with E-state index in [0.717, 1.165) is 25.4 Å². The van der Waals surface area contributed by atoms with Gasteiger partial charge in [0.2, 0.25) is 0 Å². The van der Waals surface area contributed by atoms with Crippen LogP contribution in [0.25, 0.3) is 0 Å². The molecule has 0 spiro atoms. The van der Waals surface area contributed by atoms with Crippen molar-refractivity contribution in [3.63, 3.8) is 0 Å². The first-order valence-electron chi connectivity index (χ1n) is 6.43. The molecule has 0 aliphatic rings. The van der Waals surface area contributed by atoms with E-state index < -0.39 is 0 Å². The molecule has 1 aromatic rings. The second-order valence-electron chi connectivity index (χ2n) is 5.68. The zero-order valence-electron chi connectivity index (χ0n) is 12.3. The van der Waals surface area contributed by atoms with Crippen LogP contribution in [0.4, 0.5) is 0 Å². The fraction of sp³-hybridized carbons (Fsp3) is 0.600. The van der Waals surface area contributed by atoms with E-state index in [2.05, 4.69) is 43.2 Å². The minimum atomic E-state index is 0.269. The zero-order chi connectivity index (χ0) is 13.6. The first-order valence-corrected chi connectivity index (χ1v) is 6.43. The van der Waals surface area contributed by atoms with E-state index >= 15 is 0 Å². The molecule has 0 aliphatic heterocycles. The Labute approximate surface area is 111 Å². The van der Waals surface area contributed by atoms with Crippen LogP contribution in [0.2, 0.25) is 0 Å². The zero-order valence-corrected chi connectivity index (χ0v) is 12.3. The molecule has 0 unspecified atom stereocenters. The van der Waals surface area contributed by atoms with Gasteiger partial charge in [-0.05, 0) is 25.6 Å². The standard InChI is InChI=1S/C15H26N2O/c1-15(2,11-16-3)12-17(4)10-13-8-6-7-9-14(13)18-5/h6-9,16H,10-12H2,1-5H3. The summed E-state index contributed by atoms with van der Waals surface area (Å²) >= 11 is 0. The minimum Gasteiger partial charge on any atom is -0.496 e. The van der Waals surface area contributed by atoms with Crippen molar-refractivity contribution in [3.05, 3.63) is 29.8 Å². The summed E-state index contributed by atoms with van der Waals surface area (Å²) < 4.78 is 5.38. The lowest BCUT2D eigenvalue weighted by atomic mass is 9.92. The van der Waals surface area contributed by atoms with Crippen molar-refractivity contribution in [3.8, 4) is 5.75 Å². The maximum atomic E-state index is 5.38. The van der Waals surface area contributed by atoms with Crippen LogP contribution in [0, 0.1) is 5.41 Å². The van der Waals surface area contributed by atoms with Gasteiger partial charge in [0.1, 0.15) is 5.75 Å². The van der Waals surface area contributed by atoms with E-state index in [1.807, 2.05) is 19.2 Å². The number of rotatable bonds is 7. The van der Waals surface area contributed by atoms with E-state index in [1.54, 1.807) is 7.11 Å². The van der Waals surface area contributed by atoms with Crippen molar-refractivity contribution in [2.45, 2.75) is 20.4 Å². The highest BCUT2D eigenvalue weighted by molar-refractivity contribution is 5.33. The summed E-state index contributed by atoms with van der Waals surface area (Å²) in [5, 5.41) is 3.25. The van der Waals surface area contributed by atoms with Crippen LogP contribution in [0.1, 0.15) is 19.4 Å². The van der Waals surface area contributed by atoms with Gasteiger partial charge < -0.3 is 15.0 Å². The van der Waals surface area contributed by atoms with Gasteiger partial charge in [-0.1, -0.05) is 32.0 Å². The molecule has 1 aromatic carbocycles. The van der Waals surface area contributed by atoms with Crippen molar-refractivity contribution in [2.24, 2.45) is 5.41 Å². The van der Waals surface area contributed by atoms with Gasteiger partial charge in [0.15, 0.2) is 0 Å².